The van der Waals surface area contributed by atoms with Crippen molar-refractivity contribution in [2.45, 2.75) is 19.3 Å². The lowest BCUT2D eigenvalue weighted by molar-refractivity contribution is -0.129. The second kappa shape index (κ2) is 5.19. The summed E-state index contributed by atoms with van der Waals surface area (Å²) in [5.41, 5.74) is 0.268. The predicted octanol–water partition coefficient (Wildman–Crippen LogP) is 3.89. The molecule has 0 amide bonds. The molecule has 1 aliphatic heterocycles. The molecule has 2 aliphatic rings. The summed E-state index contributed by atoms with van der Waals surface area (Å²) in [5.74, 6) is 1.46. The molecule has 2 heterocycles. The normalized spacial score (nSPS) is 24.7. The zero-order chi connectivity index (χ0) is 16.0. The Kier molecular flexibility index (Phi) is 3.15. The molecule has 4 rings (SSSR count). The lowest BCUT2D eigenvalue weighted by Gasteiger charge is -1.99. The van der Waals surface area contributed by atoms with Crippen molar-refractivity contribution in [2.24, 2.45) is 10.9 Å². The minimum atomic E-state index is -0.610. The zero-order valence-corrected chi connectivity index (χ0v) is 12.5. The van der Waals surface area contributed by atoms with Crippen LogP contribution in [0.5, 0.6) is 0 Å². The van der Waals surface area contributed by atoms with Crippen LogP contribution in [0, 0.1) is 11.7 Å². The van der Waals surface area contributed by atoms with Crippen molar-refractivity contribution in [2.75, 3.05) is 0 Å². The highest BCUT2D eigenvalue weighted by molar-refractivity contribution is 6.12. The topological polar surface area (TPSA) is 51.8 Å². The molecule has 1 aromatic carbocycles. The number of aliphatic imine (C=N–C) groups is 1. The molecule has 2 aromatic rings. The molecular weight excluding hydrogens is 297 g/mol. The molecule has 0 unspecified atom stereocenters. The van der Waals surface area contributed by atoms with Crippen LogP contribution in [0.3, 0.4) is 0 Å². The third-order valence-electron chi connectivity index (χ3n) is 4.13. The molecule has 0 bridgehead atoms. The number of hydrogen-bond acceptors (Lipinski definition) is 4. The Labute approximate surface area is 132 Å². The molecule has 1 aliphatic carbocycles. The SMILES string of the molecule is C[C@H]1C[C@@H]1c1ccc(/C=C2\N=C(c3ccccc3F)OC2=O)o1. The van der Waals surface area contributed by atoms with Gasteiger partial charge in [0.05, 0.1) is 5.56 Å². The van der Waals surface area contributed by atoms with Crippen LogP contribution in [0.15, 0.2) is 51.5 Å². The van der Waals surface area contributed by atoms with Crippen molar-refractivity contribution in [3.05, 3.63) is 65.0 Å². The van der Waals surface area contributed by atoms with Crippen LogP contribution >= 0.6 is 0 Å². The molecule has 0 N–H and O–H groups in total. The second-order valence-electron chi connectivity index (χ2n) is 5.88. The Morgan fingerprint density at radius 1 is 1.26 bits per heavy atom. The van der Waals surface area contributed by atoms with E-state index in [1.807, 2.05) is 6.07 Å². The Balaban J connectivity index is 1.62. The number of benzene rings is 1. The first-order valence-electron chi connectivity index (χ1n) is 7.49. The van der Waals surface area contributed by atoms with Gasteiger partial charge in [0.2, 0.25) is 5.90 Å². The quantitative estimate of drug-likeness (QED) is 0.638. The van der Waals surface area contributed by atoms with Crippen LogP contribution in [-0.2, 0) is 9.53 Å². The molecule has 0 saturated heterocycles. The summed E-state index contributed by atoms with van der Waals surface area (Å²) in [6, 6.07) is 9.76. The smallest absolute Gasteiger partial charge is 0.363 e. The van der Waals surface area contributed by atoms with E-state index in [0.29, 0.717) is 17.6 Å². The van der Waals surface area contributed by atoms with E-state index < -0.39 is 11.8 Å². The molecule has 5 heteroatoms. The number of halogens is 1. The number of carbonyl (C=O) groups excluding carboxylic acids is 1. The Morgan fingerprint density at radius 2 is 2.04 bits per heavy atom. The summed E-state index contributed by atoms with van der Waals surface area (Å²) >= 11 is 0. The van der Waals surface area contributed by atoms with Gasteiger partial charge < -0.3 is 9.15 Å². The van der Waals surface area contributed by atoms with Crippen LogP contribution in [0.1, 0.15) is 36.3 Å². The second-order valence-corrected chi connectivity index (χ2v) is 5.88. The van der Waals surface area contributed by atoms with Gasteiger partial charge in [-0.05, 0) is 36.6 Å². The summed E-state index contributed by atoms with van der Waals surface area (Å²) in [6.45, 7) is 2.17. The van der Waals surface area contributed by atoms with Crippen LogP contribution in [0.2, 0.25) is 0 Å². The van der Waals surface area contributed by atoms with Crippen LogP contribution in [0.4, 0.5) is 4.39 Å². The fourth-order valence-corrected chi connectivity index (χ4v) is 2.66. The maximum Gasteiger partial charge on any atom is 0.363 e. The van der Waals surface area contributed by atoms with E-state index in [1.54, 1.807) is 18.2 Å². The summed E-state index contributed by atoms with van der Waals surface area (Å²) in [7, 11) is 0. The standard InChI is InChI=1S/C18H14FNO3/c1-10-8-13(10)16-7-6-11(22-16)9-15-18(21)23-17(20-15)12-4-2-3-5-14(12)19/h2-7,9-10,13H,8H2,1H3/b15-9-/t10-,13-/m0/s1. The van der Waals surface area contributed by atoms with Crippen molar-refractivity contribution in [1.82, 2.24) is 0 Å². The van der Waals surface area contributed by atoms with E-state index in [2.05, 4.69) is 11.9 Å². The van der Waals surface area contributed by atoms with Gasteiger partial charge in [-0.2, -0.15) is 0 Å². The van der Waals surface area contributed by atoms with Gasteiger partial charge in [-0.1, -0.05) is 19.1 Å². The number of furan rings is 1. The number of nitrogens with zero attached hydrogens (tertiary/aromatic N) is 1. The average molecular weight is 311 g/mol. The van der Waals surface area contributed by atoms with Gasteiger partial charge in [0.1, 0.15) is 17.3 Å². The molecular formula is C18H14FNO3. The Morgan fingerprint density at radius 3 is 2.78 bits per heavy atom. The van der Waals surface area contributed by atoms with Gasteiger partial charge in [0.15, 0.2) is 5.70 Å². The number of esters is 1. The highest BCUT2D eigenvalue weighted by Gasteiger charge is 2.36. The van der Waals surface area contributed by atoms with Gasteiger partial charge >= 0.3 is 5.97 Å². The Bertz CT molecular complexity index is 849. The van der Waals surface area contributed by atoms with Gasteiger partial charge in [0, 0.05) is 12.0 Å². The molecule has 1 saturated carbocycles. The fourth-order valence-electron chi connectivity index (χ4n) is 2.66. The van der Waals surface area contributed by atoms with Gasteiger partial charge in [-0.15, -0.1) is 0 Å². The molecule has 4 nitrogen and oxygen atoms in total. The fraction of sp³-hybridized carbons (Fsp3) is 0.222. The number of carbonyl (C=O) groups is 1. The maximum absolute atomic E-state index is 13.7. The lowest BCUT2D eigenvalue weighted by Crippen LogP contribution is -2.07. The number of cyclic esters (lactones) is 1. The van der Waals surface area contributed by atoms with Crippen LogP contribution in [0.25, 0.3) is 6.08 Å². The van der Waals surface area contributed by atoms with E-state index in [0.717, 1.165) is 12.2 Å². The minimum Gasteiger partial charge on any atom is -0.461 e. The highest BCUT2D eigenvalue weighted by atomic mass is 19.1. The van der Waals surface area contributed by atoms with Crippen LogP contribution in [-0.4, -0.2) is 11.9 Å². The first kappa shape index (κ1) is 13.9. The largest absolute Gasteiger partial charge is 0.461 e. The molecule has 116 valence electrons. The van der Waals surface area contributed by atoms with E-state index >= 15 is 0 Å². The van der Waals surface area contributed by atoms with Crippen molar-refractivity contribution >= 4 is 17.9 Å². The summed E-state index contributed by atoms with van der Waals surface area (Å²) in [6.07, 6.45) is 2.65. The first-order chi connectivity index (χ1) is 11.1. The molecule has 0 spiro atoms. The van der Waals surface area contributed by atoms with Crippen molar-refractivity contribution in [3.63, 3.8) is 0 Å². The minimum absolute atomic E-state index is 0.0260. The maximum atomic E-state index is 13.7. The molecule has 2 atom stereocenters. The van der Waals surface area contributed by atoms with Gasteiger partial charge in [0.25, 0.3) is 0 Å². The van der Waals surface area contributed by atoms with Crippen LogP contribution < -0.4 is 0 Å². The third kappa shape index (κ3) is 2.59. The molecule has 23 heavy (non-hydrogen) atoms. The average Bonchev–Trinajstić information content (AvgIpc) is 2.94. The first-order valence-corrected chi connectivity index (χ1v) is 7.49. The summed E-state index contributed by atoms with van der Waals surface area (Å²) in [5, 5.41) is 0. The van der Waals surface area contributed by atoms with E-state index in [9.17, 15) is 9.18 Å². The highest BCUT2D eigenvalue weighted by Crippen LogP contribution is 2.47. The van der Waals surface area contributed by atoms with E-state index in [4.69, 9.17) is 9.15 Å². The molecule has 1 fully saturated rings. The third-order valence-corrected chi connectivity index (χ3v) is 4.13. The molecule has 0 radical (unpaired) electrons. The summed E-state index contributed by atoms with van der Waals surface area (Å²) in [4.78, 5) is 16.0. The lowest BCUT2D eigenvalue weighted by atomic mass is 10.2. The Hall–Kier alpha value is -2.69. The van der Waals surface area contributed by atoms with E-state index in [1.165, 1.54) is 18.2 Å². The number of rotatable bonds is 3. The zero-order valence-electron chi connectivity index (χ0n) is 12.5. The predicted molar refractivity (Wildman–Crippen MR) is 82.2 cm³/mol. The van der Waals surface area contributed by atoms with Gasteiger partial charge in [-0.25, -0.2) is 14.2 Å². The number of hydrogen-bond donors (Lipinski definition) is 0. The van der Waals surface area contributed by atoms with Gasteiger partial charge in [-0.3, -0.25) is 0 Å². The monoisotopic (exact) mass is 311 g/mol. The van der Waals surface area contributed by atoms with Crippen molar-refractivity contribution in [1.29, 1.82) is 0 Å². The van der Waals surface area contributed by atoms with E-state index in [-0.39, 0.29) is 17.2 Å². The van der Waals surface area contributed by atoms with Crippen molar-refractivity contribution < 1.29 is 18.3 Å². The molecule has 1 aromatic heterocycles. The number of ether oxygens (including phenoxy) is 1. The van der Waals surface area contributed by atoms with Crippen molar-refractivity contribution in [3.8, 4) is 0 Å². The summed E-state index contributed by atoms with van der Waals surface area (Å²) < 4.78 is 24.5.